The van der Waals surface area contributed by atoms with E-state index in [1.807, 2.05) is 4.90 Å². The number of urea groups is 1. The van der Waals surface area contributed by atoms with Gasteiger partial charge in [-0.05, 0) is 33.6 Å². The first-order valence-electron chi connectivity index (χ1n) is 6.73. The molecule has 102 valence electrons. The van der Waals surface area contributed by atoms with Gasteiger partial charge in [-0.25, -0.2) is 4.79 Å². The van der Waals surface area contributed by atoms with Crippen LogP contribution in [0.4, 0.5) is 4.79 Å². The van der Waals surface area contributed by atoms with Gasteiger partial charge in [0.15, 0.2) is 0 Å². The van der Waals surface area contributed by atoms with Crippen LogP contribution in [0.2, 0.25) is 0 Å². The molecule has 0 aromatic carbocycles. The second kappa shape index (κ2) is 3.76. The molecule has 1 N–H and O–H groups in total. The van der Waals surface area contributed by atoms with Gasteiger partial charge in [0.25, 0.3) is 0 Å². The minimum Gasteiger partial charge on any atom is -0.367 e. The molecule has 4 nitrogen and oxygen atoms in total. The van der Waals surface area contributed by atoms with E-state index in [0.29, 0.717) is 24.4 Å². The highest BCUT2D eigenvalue weighted by molar-refractivity contribution is 6.18. The van der Waals surface area contributed by atoms with Gasteiger partial charge in [0.2, 0.25) is 0 Å². The summed E-state index contributed by atoms with van der Waals surface area (Å²) in [4.78, 5) is 14.1. The molecule has 1 aliphatic carbocycles. The Balaban J connectivity index is 1.78. The van der Waals surface area contributed by atoms with Crippen LogP contribution in [-0.2, 0) is 4.74 Å². The Morgan fingerprint density at radius 3 is 2.83 bits per heavy atom. The maximum atomic E-state index is 12.1. The number of hydrogen-bond acceptors (Lipinski definition) is 2. The maximum absolute atomic E-state index is 12.1. The molecule has 4 fully saturated rings. The van der Waals surface area contributed by atoms with Crippen LogP contribution in [0.5, 0.6) is 0 Å². The summed E-state index contributed by atoms with van der Waals surface area (Å²) < 4.78 is 6.25. The normalized spacial score (nSPS) is 43.6. The van der Waals surface area contributed by atoms with Crippen molar-refractivity contribution in [2.75, 3.05) is 12.4 Å². The van der Waals surface area contributed by atoms with E-state index < -0.39 is 0 Å². The maximum Gasteiger partial charge on any atom is 0.318 e. The summed E-state index contributed by atoms with van der Waals surface area (Å²) >= 11 is 5.61. The number of hydrogen-bond donors (Lipinski definition) is 1. The summed E-state index contributed by atoms with van der Waals surface area (Å²) in [5.41, 5.74) is -0.281. The predicted octanol–water partition coefficient (Wildman–Crippen LogP) is 1.97. The van der Waals surface area contributed by atoms with Crippen LogP contribution < -0.4 is 5.32 Å². The number of nitrogens with zero attached hydrogens (tertiary/aromatic N) is 1. The van der Waals surface area contributed by atoms with E-state index in [2.05, 4.69) is 26.1 Å². The topological polar surface area (TPSA) is 41.3 Å². The molecule has 0 spiro atoms. The van der Waals surface area contributed by atoms with Gasteiger partial charge in [0.05, 0.1) is 23.3 Å². The molecule has 4 atom stereocenters. The molecule has 4 rings (SSSR count). The van der Waals surface area contributed by atoms with Gasteiger partial charge >= 0.3 is 6.03 Å². The van der Waals surface area contributed by atoms with Crippen molar-refractivity contribution >= 4 is 17.6 Å². The SMILES string of the molecule is CC1(C)OC2(C)CCC1C1C2N1C(=O)NCCCl. The second-order valence-corrected chi connectivity index (χ2v) is 6.80. The van der Waals surface area contributed by atoms with E-state index in [1.54, 1.807) is 0 Å². The van der Waals surface area contributed by atoms with Crippen molar-refractivity contribution in [3.63, 3.8) is 0 Å². The molecule has 5 heteroatoms. The van der Waals surface area contributed by atoms with Gasteiger partial charge < -0.3 is 15.0 Å². The number of likely N-dealkylation sites (tertiary alicyclic amines) is 1. The fourth-order valence-corrected chi connectivity index (χ4v) is 4.23. The van der Waals surface area contributed by atoms with Crippen molar-refractivity contribution < 1.29 is 9.53 Å². The van der Waals surface area contributed by atoms with Crippen LogP contribution in [0.15, 0.2) is 0 Å². The molecular formula is C13H21ClN2O2. The number of ether oxygens (including phenoxy) is 1. The monoisotopic (exact) mass is 272 g/mol. The van der Waals surface area contributed by atoms with Gasteiger partial charge in [-0.15, -0.1) is 11.6 Å². The molecule has 3 heterocycles. The minimum absolute atomic E-state index is 0.0186. The molecule has 2 bridgehead atoms. The van der Waals surface area contributed by atoms with Crippen LogP contribution in [0.25, 0.3) is 0 Å². The van der Waals surface area contributed by atoms with Crippen molar-refractivity contribution in [1.82, 2.24) is 10.2 Å². The Labute approximate surface area is 113 Å². The highest BCUT2D eigenvalue weighted by atomic mass is 35.5. The third-order valence-electron chi connectivity index (χ3n) is 4.84. The largest absolute Gasteiger partial charge is 0.367 e. The van der Waals surface area contributed by atoms with E-state index in [0.717, 1.165) is 12.8 Å². The molecular weight excluding hydrogens is 252 g/mol. The van der Waals surface area contributed by atoms with Gasteiger partial charge in [-0.1, -0.05) is 0 Å². The summed E-state index contributed by atoms with van der Waals surface area (Å²) in [5.74, 6) is 0.920. The lowest BCUT2D eigenvalue weighted by molar-refractivity contribution is -0.214. The number of carbonyl (C=O) groups excluding carboxylic acids is 1. The first kappa shape index (κ1) is 12.5. The first-order chi connectivity index (χ1) is 8.41. The average Bonchev–Trinajstić information content (AvgIpc) is 3.01. The number of rotatable bonds is 2. The third-order valence-corrected chi connectivity index (χ3v) is 5.03. The highest BCUT2D eigenvalue weighted by Crippen LogP contribution is 2.60. The number of halogens is 1. The van der Waals surface area contributed by atoms with E-state index in [9.17, 15) is 4.79 Å². The molecule has 4 aliphatic rings. The lowest BCUT2D eigenvalue weighted by atomic mass is 9.69. The van der Waals surface area contributed by atoms with E-state index in [-0.39, 0.29) is 23.3 Å². The average molecular weight is 273 g/mol. The van der Waals surface area contributed by atoms with Crippen molar-refractivity contribution in [1.29, 1.82) is 0 Å². The van der Waals surface area contributed by atoms with Gasteiger partial charge in [0.1, 0.15) is 0 Å². The predicted molar refractivity (Wildman–Crippen MR) is 69.8 cm³/mol. The van der Waals surface area contributed by atoms with Crippen molar-refractivity contribution in [2.24, 2.45) is 5.92 Å². The molecule has 0 radical (unpaired) electrons. The lowest BCUT2D eigenvalue weighted by Gasteiger charge is -2.51. The fourth-order valence-electron chi connectivity index (χ4n) is 4.13. The number of carbonyl (C=O) groups is 1. The molecule has 3 aliphatic heterocycles. The molecule has 4 unspecified atom stereocenters. The Kier molecular flexibility index (Phi) is 2.62. The Morgan fingerprint density at radius 1 is 1.50 bits per heavy atom. The van der Waals surface area contributed by atoms with Crippen LogP contribution in [0, 0.1) is 5.92 Å². The van der Waals surface area contributed by atoms with Gasteiger partial charge in [0, 0.05) is 18.3 Å². The summed E-state index contributed by atoms with van der Waals surface area (Å²) in [6.07, 6.45) is 2.21. The van der Waals surface area contributed by atoms with Gasteiger partial charge in [-0.2, -0.15) is 0 Å². The van der Waals surface area contributed by atoms with Gasteiger partial charge in [-0.3, -0.25) is 0 Å². The number of fused-ring (bicyclic) bond motifs is 2. The number of nitrogens with one attached hydrogen (secondary N) is 1. The second-order valence-electron chi connectivity index (χ2n) is 6.43. The Hall–Kier alpha value is -0.480. The van der Waals surface area contributed by atoms with Crippen molar-refractivity contribution in [3.8, 4) is 0 Å². The van der Waals surface area contributed by atoms with E-state index in [1.165, 1.54) is 0 Å². The van der Waals surface area contributed by atoms with Crippen LogP contribution in [-0.4, -0.2) is 46.6 Å². The minimum atomic E-state index is -0.165. The smallest absolute Gasteiger partial charge is 0.318 e. The highest BCUT2D eigenvalue weighted by Gasteiger charge is 2.72. The Bertz CT molecular complexity index is 387. The fraction of sp³-hybridized carbons (Fsp3) is 0.923. The van der Waals surface area contributed by atoms with Crippen molar-refractivity contribution in [3.05, 3.63) is 0 Å². The quantitative estimate of drug-likeness (QED) is 0.617. The number of alkyl halides is 1. The molecule has 0 aromatic heterocycles. The van der Waals surface area contributed by atoms with E-state index in [4.69, 9.17) is 16.3 Å². The standard InChI is InChI=1S/C13H21ClN2O2/c1-12(2)8-4-5-13(3,18-12)10-9(8)16(10)11(17)15-7-6-14/h8-10H,4-7H2,1-3H3,(H,15,17). The van der Waals surface area contributed by atoms with Crippen LogP contribution in [0.1, 0.15) is 33.6 Å². The molecule has 2 amide bonds. The third kappa shape index (κ3) is 1.58. The Morgan fingerprint density at radius 2 is 2.22 bits per heavy atom. The molecule has 3 saturated heterocycles. The van der Waals surface area contributed by atoms with Crippen LogP contribution >= 0.6 is 11.6 Å². The molecule has 18 heavy (non-hydrogen) atoms. The zero-order chi connectivity index (χ0) is 13.1. The summed E-state index contributed by atoms with van der Waals surface area (Å²) in [6, 6.07) is 0.646. The number of amides is 2. The zero-order valence-electron chi connectivity index (χ0n) is 11.2. The summed E-state index contributed by atoms with van der Waals surface area (Å²) in [5, 5.41) is 2.86. The zero-order valence-corrected chi connectivity index (χ0v) is 12.0. The summed E-state index contributed by atoms with van der Waals surface area (Å²) in [7, 11) is 0. The summed E-state index contributed by atoms with van der Waals surface area (Å²) in [6.45, 7) is 6.98. The molecule has 0 aromatic rings. The van der Waals surface area contributed by atoms with Crippen LogP contribution in [0.3, 0.4) is 0 Å². The first-order valence-corrected chi connectivity index (χ1v) is 7.26. The van der Waals surface area contributed by atoms with E-state index >= 15 is 0 Å². The lowest BCUT2D eigenvalue weighted by Crippen LogP contribution is -2.58. The van der Waals surface area contributed by atoms with Crippen molar-refractivity contribution in [2.45, 2.75) is 56.9 Å². The molecule has 1 saturated carbocycles.